The number of halogens is 4. The molecule has 6 heteroatoms. The fourth-order valence-corrected chi connectivity index (χ4v) is 2.70. The van der Waals surface area contributed by atoms with Crippen LogP contribution in [-0.4, -0.2) is 54.9 Å². The quantitative estimate of drug-likeness (QED) is 0.696. The van der Waals surface area contributed by atoms with Crippen LogP contribution in [0.1, 0.15) is 12.0 Å². The molecule has 1 aliphatic heterocycles. The van der Waals surface area contributed by atoms with Gasteiger partial charge in [0.2, 0.25) is 0 Å². The van der Waals surface area contributed by atoms with Crippen molar-refractivity contribution in [3.63, 3.8) is 0 Å². The summed E-state index contributed by atoms with van der Waals surface area (Å²) in [6.45, 7) is 7.00. The Kier molecular flexibility index (Phi) is 12.0. The van der Waals surface area contributed by atoms with Gasteiger partial charge in [-0.05, 0) is 37.1 Å². The maximum absolute atomic E-state index is 5.89. The van der Waals surface area contributed by atoms with E-state index in [1.807, 2.05) is 12.1 Å². The maximum Gasteiger partial charge on any atom is 0.0406 e. The maximum atomic E-state index is 5.89. The van der Waals surface area contributed by atoms with Crippen LogP contribution in [0, 0.1) is 0 Å². The fraction of sp³-hybridized carbons (Fsp3) is 0.600. The Bertz CT molecular complexity index is 364. The molecular weight excluding hydrogens is 350 g/mol. The summed E-state index contributed by atoms with van der Waals surface area (Å²) >= 11 is 11.6. The third-order valence-electron chi connectivity index (χ3n) is 3.70. The minimum Gasteiger partial charge on any atom is -0.301 e. The molecular formula is C15H24Cl4N2. The SMILES string of the molecule is Cl.Cl.ClCCCN1CCN(CCc2ccc(Cl)cc2)CC1. The van der Waals surface area contributed by atoms with E-state index in [9.17, 15) is 0 Å². The van der Waals surface area contributed by atoms with Crippen molar-refractivity contribution < 1.29 is 0 Å². The number of nitrogens with zero attached hydrogens (tertiary/aromatic N) is 2. The van der Waals surface area contributed by atoms with Crippen LogP contribution < -0.4 is 0 Å². The van der Waals surface area contributed by atoms with E-state index in [0.29, 0.717) is 0 Å². The molecule has 1 aromatic carbocycles. The molecule has 0 aliphatic carbocycles. The van der Waals surface area contributed by atoms with E-state index in [2.05, 4.69) is 21.9 Å². The van der Waals surface area contributed by atoms with Crippen LogP contribution in [0.15, 0.2) is 24.3 Å². The van der Waals surface area contributed by atoms with Crippen molar-refractivity contribution in [1.82, 2.24) is 9.80 Å². The first kappa shape index (κ1) is 21.3. The van der Waals surface area contributed by atoms with Crippen molar-refractivity contribution in [1.29, 1.82) is 0 Å². The second-order valence-corrected chi connectivity index (χ2v) is 5.92. The zero-order valence-corrected chi connectivity index (χ0v) is 15.3. The Morgan fingerprint density at radius 3 is 1.90 bits per heavy atom. The normalized spacial score (nSPS) is 16.1. The molecule has 2 rings (SSSR count). The van der Waals surface area contributed by atoms with Crippen molar-refractivity contribution in [3.05, 3.63) is 34.9 Å². The van der Waals surface area contributed by atoms with E-state index >= 15 is 0 Å². The number of alkyl halides is 1. The Labute approximate surface area is 150 Å². The first-order valence-corrected chi connectivity index (χ1v) is 7.94. The van der Waals surface area contributed by atoms with Gasteiger partial charge in [-0.25, -0.2) is 0 Å². The molecule has 0 unspecified atom stereocenters. The van der Waals surface area contributed by atoms with Gasteiger partial charge in [0.25, 0.3) is 0 Å². The van der Waals surface area contributed by atoms with Crippen LogP contribution >= 0.6 is 48.0 Å². The molecule has 21 heavy (non-hydrogen) atoms. The third kappa shape index (κ3) is 7.92. The van der Waals surface area contributed by atoms with Gasteiger partial charge in [0.15, 0.2) is 0 Å². The largest absolute Gasteiger partial charge is 0.301 e. The van der Waals surface area contributed by atoms with Crippen LogP contribution in [0.3, 0.4) is 0 Å². The minimum absolute atomic E-state index is 0. The van der Waals surface area contributed by atoms with Gasteiger partial charge in [0, 0.05) is 43.6 Å². The second-order valence-electron chi connectivity index (χ2n) is 5.10. The smallest absolute Gasteiger partial charge is 0.0406 e. The average Bonchev–Trinajstić information content (AvgIpc) is 2.46. The Morgan fingerprint density at radius 2 is 1.38 bits per heavy atom. The summed E-state index contributed by atoms with van der Waals surface area (Å²) in [5.41, 5.74) is 1.37. The van der Waals surface area contributed by atoms with Crippen molar-refractivity contribution in [3.8, 4) is 0 Å². The van der Waals surface area contributed by atoms with E-state index in [4.69, 9.17) is 23.2 Å². The van der Waals surface area contributed by atoms with Gasteiger partial charge in [-0.1, -0.05) is 23.7 Å². The summed E-state index contributed by atoms with van der Waals surface area (Å²) in [7, 11) is 0. The molecule has 1 heterocycles. The molecule has 0 saturated carbocycles. The molecule has 0 aromatic heterocycles. The molecule has 0 bridgehead atoms. The number of rotatable bonds is 6. The summed E-state index contributed by atoms with van der Waals surface area (Å²) in [6, 6.07) is 8.19. The van der Waals surface area contributed by atoms with Gasteiger partial charge >= 0.3 is 0 Å². The van der Waals surface area contributed by atoms with Crippen molar-refractivity contribution in [2.75, 3.05) is 45.1 Å². The number of hydrogen-bond acceptors (Lipinski definition) is 2. The van der Waals surface area contributed by atoms with Crippen molar-refractivity contribution >= 4 is 48.0 Å². The molecule has 1 aliphatic rings. The standard InChI is InChI=1S/C15H22Cl2N2.2ClH/c16-7-1-8-18-10-12-19(13-11-18)9-6-14-2-4-15(17)5-3-14;;/h2-5H,1,6-13H2;2*1H. The van der Waals surface area contributed by atoms with Crippen LogP contribution in [-0.2, 0) is 6.42 Å². The molecule has 0 N–H and O–H groups in total. The van der Waals surface area contributed by atoms with E-state index in [0.717, 1.165) is 36.8 Å². The molecule has 1 saturated heterocycles. The molecule has 0 atom stereocenters. The van der Waals surface area contributed by atoms with Gasteiger partial charge in [0.1, 0.15) is 0 Å². The number of piperazine rings is 1. The second kappa shape index (κ2) is 11.8. The van der Waals surface area contributed by atoms with E-state index < -0.39 is 0 Å². The Balaban J connectivity index is 0.00000200. The Morgan fingerprint density at radius 1 is 0.857 bits per heavy atom. The lowest BCUT2D eigenvalue weighted by molar-refractivity contribution is 0.134. The zero-order valence-electron chi connectivity index (χ0n) is 12.1. The molecule has 0 amide bonds. The summed E-state index contributed by atoms with van der Waals surface area (Å²) in [6.07, 6.45) is 2.21. The topological polar surface area (TPSA) is 6.48 Å². The van der Waals surface area contributed by atoms with Crippen LogP contribution in [0.5, 0.6) is 0 Å². The zero-order chi connectivity index (χ0) is 13.5. The van der Waals surface area contributed by atoms with Crippen LogP contribution in [0.2, 0.25) is 5.02 Å². The average molecular weight is 374 g/mol. The highest BCUT2D eigenvalue weighted by Crippen LogP contribution is 2.11. The van der Waals surface area contributed by atoms with Gasteiger partial charge in [0.05, 0.1) is 0 Å². The highest BCUT2D eigenvalue weighted by Gasteiger charge is 2.15. The predicted molar refractivity (Wildman–Crippen MR) is 97.9 cm³/mol. The molecule has 2 nitrogen and oxygen atoms in total. The van der Waals surface area contributed by atoms with Crippen LogP contribution in [0.25, 0.3) is 0 Å². The third-order valence-corrected chi connectivity index (χ3v) is 4.22. The van der Waals surface area contributed by atoms with Crippen molar-refractivity contribution in [2.24, 2.45) is 0 Å². The first-order chi connectivity index (χ1) is 9.28. The summed E-state index contributed by atoms with van der Waals surface area (Å²) < 4.78 is 0. The predicted octanol–water partition coefficient (Wildman–Crippen LogP) is 3.97. The first-order valence-electron chi connectivity index (χ1n) is 7.03. The highest BCUT2D eigenvalue weighted by molar-refractivity contribution is 6.30. The van der Waals surface area contributed by atoms with Crippen LogP contribution in [0.4, 0.5) is 0 Å². The fourth-order valence-electron chi connectivity index (χ4n) is 2.46. The molecule has 122 valence electrons. The summed E-state index contributed by atoms with van der Waals surface area (Å²) in [5.74, 6) is 0.775. The highest BCUT2D eigenvalue weighted by atomic mass is 35.5. The van der Waals surface area contributed by atoms with E-state index in [-0.39, 0.29) is 24.8 Å². The lowest BCUT2D eigenvalue weighted by Crippen LogP contribution is -2.47. The van der Waals surface area contributed by atoms with Gasteiger partial charge < -0.3 is 9.80 Å². The van der Waals surface area contributed by atoms with Gasteiger partial charge in [-0.2, -0.15) is 0 Å². The minimum atomic E-state index is 0. The molecule has 0 spiro atoms. The van der Waals surface area contributed by atoms with E-state index in [1.165, 1.54) is 31.7 Å². The lowest BCUT2D eigenvalue weighted by Gasteiger charge is -2.34. The van der Waals surface area contributed by atoms with Gasteiger partial charge in [-0.15, -0.1) is 36.4 Å². The Hall–Kier alpha value is 0.300. The lowest BCUT2D eigenvalue weighted by atomic mass is 10.1. The molecule has 1 aromatic rings. The van der Waals surface area contributed by atoms with Crippen molar-refractivity contribution in [2.45, 2.75) is 12.8 Å². The van der Waals surface area contributed by atoms with Gasteiger partial charge in [-0.3, -0.25) is 0 Å². The van der Waals surface area contributed by atoms with E-state index in [1.54, 1.807) is 0 Å². The molecule has 1 fully saturated rings. The molecule has 0 radical (unpaired) electrons. The summed E-state index contributed by atoms with van der Waals surface area (Å²) in [5, 5.41) is 0.816. The number of benzene rings is 1. The number of hydrogen-bond donors (Lipinski definition) is 0. The monoisotopic (exact) mass is 372 g/mol. The summed E-state index contributed by atoms with van der Waals surface area (Å²) in [4.78, 5) is 5.06.